The molecule has 1 N–H and O–H groups in total. The molecule has 120 valence electrons. The van der Waals surface area contributed by atoms with Crippen molar-refractivity contribution in [3.8, 4) is 0 Å². The molecule has 1 fully saturated rings. The van der Waals surface area contributed by atoms with E-state index >= 15 is 0 Å². The fraction of sp³-hybridized carbons (Fsp3) is 0.500. The van der Waals surface area contributed by atoms with Crippen molar-refractivity contribution in [1.82, 2.24) is 9.62 Å². The summed E-state index contributed by atoms with van der Waals surface area (Å²) in [6, 6.07) is 0.345. The molecule has 1 aliphatic heterocycles. The van der Waals surface area contributed by atoms with E-state index in [0.717, 1.165) is 4.31 Å². The van der Waals surface area contributed by atoms with Crippen molar-refractivity contribution < 1.29 is 21.6 Å². The lowest BCUT2D eigenvalue weighted by atomic mass is 10.2. The zero-order valence-electron chi connectivity index (χ0n) is 11.3. The van der Waals surface area contributed by atoms with Crippen LogP contribution < -0.4 is 5.32 Å². The van der Waals surface area contributed by atoms with Gasteiger partial charge in [-0.25, -0.2) is 21.6 Å². The summed E-state index contributed by atoms with van der Waals surface area (Å²) in [5, 5.41) is 2.86. The van der Waals surface area contributed by atoms with Gasteiger partial charge in [-0.3, -0.25) is 0 Å². The molecule has 1 unspecified atom stereocenters. The number of rotatable bonds is 4. The van der Waals surface area contributed by atoms with Gasteiger partial charge in [-0.05, 0) is 26.0 Å². The van der Waals surface area contributed by atoms with Crippen molar-refractivity contribution in [1.29, 1.82) is 0 Å². The number of sulfonamides is 1. The molecule has 0 radical (unpaired) electrons. The van der Waals surface area contributed by atoms with Gasteiger partial charge in [-0.2, -0.15) is 4.31 Å². The van der Waals surface area contributed by atoms with Crippen LogP contribution in [0.3, 0.4) is 0 Å². The van der Waals surface area contributed by atoms with E-state index in [4.69, 9.17) is 0 Å². The first-order chi connectivity index (χ1) is 9.37. The fourth-order valence-corrected chi connectivity index (χ4v) is 4.15. The molecule has 0 aliphatic carbocycles. The minimum Gasteiger partial charge on any atom is -0.318 e. The molecule has 1 atom stereocenters. The zero-order valence-corrected chi connectivity index (χ0v) is 12.9. The summed E-state index contributed by atoms with van der Waals surface area (Å²) in [5.41, 5.74) is 0. The second kappa shape index (κ2) is 6.95. The molecule has 1 saturated heterocycles. The van der Waals surface area contributed by atoms with Crippen molar-refractivity contribution in [2.24, 2.45) is 0 Å². The van der Waals surface area contributed by atoms with E-state index in [1.54, 1.807) is 7.05 Å². The van der Waals surface area contributed by atoms with Gasteiger partial charge in [0.1, 0.15) is 10.7 Å². The predicted octanol–water partition coefficient (Wildman–Crippen LogP) is 1.90. The Balaban J connectivity index is 0.00000220. The van der Waals surface area contributed by atoms with Crippen molar-refractivity contribution >= 4 is 22.4 Å². The maximum atomic E-state index is 13.7. The lowest BCUT2D eigenvalue weighted by Crippen LogP contribution is -2.41. The summed E-state index contributed by atoms with van der Waals surface area (Å²) >= 11 is 0. The van der Waals surface area contributed by atoms with E-state index in [2.05, 4.69) is 5.32 Å². The third kappa shape index (κ3) is 3.50. The largest absolute Gasteiger partial charge is 0.318 e. The Kier molecular flexibility index (Phi) is 6.03. The normalized spacial score (nSPS) is 19.5. The highest BCUT2D eigenvalue weighted by atomic mass is 35.5. The standard InChI is InChI=1S/C12H15F3N2O2S.ClH/c1-16-7-8-3-2-4-17(8)20(18,19)12-6-10(14)9(13)5-11(12)15;/h5-6,8,16H,2-4,7H2,1H3;1H. The SMILES string of the molecule is CNCC1CCCN1S(=O)(=O)c1cc(F)c(F)cc1F.Cl. The first-order valence-electron chi connectivity index (χ1n) is 6.19. The van der Waals surface area contributed by atoms with Crippen LogP contribution in [0, 0.1) is 17.5 Å². The minimum absolute atomic E-state index is 0. The van der Waals surface area contributed by atoms with E-state index in [1.165, 1.54) is 0 Å². The Hall–Kier alpha value is -0.830. The van der Waals surface area contributed by atoms with Crippen molar-refractivity contribution in [3.63, 3.8) is 0 Å². The van der Waals surface area contributed by atoms with Crippen LogP contribution in [0.25, 0.3) is 0 Å². The van der Waals surface area contributed by atoms with Crippen LogP contribution in [0.15, 0.2) is 17.0 Å². The molecule has 1 heterocycles. The van der Waals surface area contributed by atoms with Gasteiger partial charge >= 0.3 is 0 Å². The smallest absolute Gasteiger partial charge is 0.246 e. The molecule has 4 nitrogen and oxygen atoms in total. The number of hydrogen-bond acceptors (Lipinski definition) is 3. The van der Waals surface area contributed by atoms with E-state index in [1.807, 2.05) is 0 Å². The van der Waals surface area contributed by atoms with E-state index in [0.29, 0.717) is 25.5 Å². The molecule has 9 heteroatoms. The number of halogens is 4. The van der Waals surface area contributed by atoms with Gasteiger partial charge in [0.15, 0.2) is 11.6 Å². The van der Waals surface area contributed by atoms with Crippen molar-refractivity contribution in [3.05, 3.63) is 29.6 Å². The Labute approximate surface area is 127 Å². The first-order valence-corrected chi connectivity index (χ1v) is 7.63. The molecular weight excluding hydrogens is 329 g/mol. The van der Waals surface area contributed by atoms with Gasteiger partial charge in [0, 0.05) is 25.2 Å². The van der Waals surface area contributed by atoms with Gasteiger partial charge in [-0.15, -0.1) is 12.4 Å². The molecule has 0 bridgehead atoms. The Morgan fingerprint density at radius 1 is 1.24 bits per heavy atom. The second-order valence-electron chi connectivity index (χ2n) is 4.67. The number of benzene rings is 1. The van der Waals surface area contributed by atoms with Crippen LogP contribution in [0.4, 0.5) is 13.2 Å². The predicted molar refractivity (Wildman–Crippen MR) is 74.4 cm³/mol. The second-order valence-corrected chi connectivity index (χ2v) is 6.53. The van der Waals surface area contributed by atoms with Crippen LogP contribution in [0.1, 0.15) is 12.8 Å². The van der Waals surface area contributed by atoms with Crippen molar-refractivity contribution in [2.45, 2.75) is 23.8 Å². The monoisotopic (exact) mass is 344 g/mol. The summed E-state index contributed by atoms with van der Waals surface area (Å²) in [6.07, 6.45) is 1.29. The number of nitrogens with one attached hydrogen (secondary N) is 1. The molecular formula is C12H16ClF3N2O2S. The van der Waals surface area contributed by atoms with E-state index in [-0.39, 0.29) is 31.1 Å². The summed E-state index contributed by atoms with van der Waals surface area (Å²) < 4.78 is 65.6. The van der Waals surface area contributed by atoms with Crippen LogP contribution in [0.5, 0.6) is 0 Å². The molecule has 0 saturated carbocycles. The van der Waals surface area contributed by atoms with Gasteiger partial charge in [0.2, 0.25) is 10.0 Å². The third-order valence-corrected chi connectivity index (χ3v) is 5.29. The van der Waals surface area contributed by atoms with Gasteiger partial charge in [-0.1, -0.05) is 0 Å². The number of nitrogens with zero attached hydrogens (tertiary/aromatic N) is 1. The van der Waals surface area contributed by atoms with E-state index < -0.39 is 32.4 Å². The van der Waals surface area contributed by atoms with Crippen molar-refractivity contribution in [2.75, 3.05) is 20.1 Å². The van der Waals surface area contributed by atoms with Gasteiger partial charge < -0.3 is 5.32 Å². The van der Waals surface area contributed by atoms with Crippen LogP contribution >= 0.6 is 12.4 Å². The molecule has 0 aromatic heterocycles. The van der Waals surface area contributed by atoms with Gasteiger partial charge in [0.25, 0.3) is 0 Å². The maximum Gasteiger partial charge on any atom is 0.246 e. The number of hydrogen-bond donors (Lipinski definition) is 1. The first kappa shape index (κ1) is 18.2. The molecule has 1 aromatic carbocycles. The number of likely N-dealkylation sites (N-methyl/N-ethyl adjacent to an activating group) is 1. The topological polar surface area (TPSA) is 49.4 Å². The average Bonchev–Trinajstić information content (AvgIpc) is 2.83. The third-order valence-electron chi connectivity index (χ3n) is 3.32. The maximum absolute atomic E-state index is 13.7. The molecule has 21 heavy (non-hydrogen) atoms. The lowest BCUT2D eigenvalue weighted by molar-refractivity contribution is 0.375. The molecule has 0 amide bonds. The minimum atomic E-state index is -4.17. The quantitative estimate of drug-likeness (QED) is 0.849. The molecule has 1 aliphatic rings. The average molecular weight is 345 g/mol. The van der Waals surface area contributed by atoms with Crippen LogP contribution in [-0.4, -0.2) is 38.9 Å². The summed E-state index contributed by atoms with van der Waals surface area (Å²) in [7, 11) is -2.49. The molecule has 0 spiro atoms. The van der Waals surface area contributed by atoms with Gasteiger partial charge in [0.05, 0.1) is 0 Å². The fourth-order valence-electron chi connectivity index (χ4n) is 2.39. The highest BCUT2D eigenvalue weighted by molar-refractivity contribution is 7.89. The Morgan fingerprint density at radius 2 is 1.86 bits per heavy atom. The highest BCUT2D eigenvalue weighted by Crippen LogP contribution is 2.28. The van der Waals surface area contributed by atoms with Crippen LogP contribution in [0.2, 0.25) is 0 Å². The summed E-state index contributed by atoms with van der Waals surface area (Å²) in [4.78, 5) is -0.820. The Bertz CT molecular complexity index is 613. The highest BCUT2D eigenvalue weighted by Gasteiger charge is 2.36. The molecule has 2 rings (SSSR count). The zero-order chi connectivity index (χ0) is 14.9. The van der Waals surface area contributed by atoms with E-state index in [9.17, 15) is 21.6 Å². The molecule has 1 aromatic rings. The lowest BCUT2D eigenvalue weighted by Gasteiger charge is -2.24. The summed E-state index contributed by atoms with van der Waals surface area (Å²) in [6.45, 7) is 0.664. The Morgan fingerprint density at radius 3 is 2.48 bits per heavy atom. The summed E-state index contributed by atoms with van der Waals surface area (Å²) in [5.74, 6) is -4.07. The van der Waals surface area contributed by atoms with Crippen LogP contribution in [-0.2, 0) is 10.0 Å².